The van der Waals surface area contributed by atoms with Crippen molar-refractivity contribution in [2.24, 2.45) is 5.73 Å². The SMILES string of the molecule is CC1(C)CN(CCN)CCO1. The highest BCUT2D eigenvalue weighted by Gasteiger charge is 2.26. The molecule has 0 aliphatic carbocycles. The summed E-state index contributed by atoms with van der Waals surface area (Å²) in [4.78, 5) is 2.35. The second-order valence-electron chi connectivity index (χ2n) is 3.67. The molecule has 0 amide bonds. The van der Waals surface area contributed by atoms with Gasteiger partial charge in [0.1, 0.15) is 0 Å². The molecular weight excluding hydrogens is 140 g/mol. The van der Waals surface area contributed by atoms with Gasteiger partial charge in [0.05, 0.1) is 12.2 Å². The molecule has 1 aliphatic heterocycles. The lowest BCUT2D eigenvalue weighted by Gasteiger charge is -2.37. The van der Waals surface area contributed by atoms with Crippen LogP contribution in [0.15, 0.2) is 0 Å². The molecule has 0 spiro atoms. The Labute approximate surface area is 68.5 Å². The third kappa shape index (κ3) is 2.77. The Morgan fingerprint density at radius 2 is 2.27 bits per heavy atom. The molecule has 1 fully saturated rings. The zero-order valence-electron chi connectivity index (χ0n) is 7.47. The first-order valence-corrected chi connectivity index (χ1v) is 4.20. The number of ether oxygens (including phenoxy) is 1. The zero-order chi connectivity index (χ0) is 8.32. The van der Waals surface area contributed by atoms with Gasteiger partial charge in [-0.1, -0.05) is 0 Å². The van der Waals surface area contributed by atoms with Gasteiger partial charge in [-0.2, -0.15) is 0 Å². The summed E-state index contributed by atoms with van der Waals surface area (Å²) in [6.45, 7) is 8.85. The first-order valence-electron chi connectivity index (χ1n) is 4.20. The monoisotopic (exact) mass is 158 g/mol. The topological polar surface area (TPSA) is 38.5 Å². The van der Waals surface area contributed by atoms with Crippen LogP contribution in [0.3, 0.4) is 0 Å². The second kappa shape index (κ2) is 3.52. The van der Waals surface area contributed by atoms with Crippen LogP contribution < -0.4 is 5.73 Å². The summed E-state index contributed by atoms with van der Waals surface area (Å²) in [7, 11) is 0. The highest BCUT2D eigenvalue weighted by Crippen LogP contribution is 2.15. The van der Waals surface area contributed by atoms with Gasteiger partial charge in [-0.25, -0.2) is 0 Å². The van der Waals surface area contributed by atoms with Gasteiger partial charge in [0.25, 0.3) is 0 Å². The van der Waals surface area contributed by atoms with Crippen molar-refractivity contribution in [1.82, 2.24) is 4.90 Å². The number of nitrogens with zero attached hydrogens (tertiary/aromatic N) is 1. The minimum atomic E-state index is 0.0212. The summed E-state index contributed by atoms with van der Waals surface area (Å²) in [5, 5.41) is 0. The molecule has 0 aromatic rings. The van der Waals surface area contributed by atoms with Crippen LogP contribution in [0.5, 0.6) is 0 Å². The maximum atomic E-state index is 5.56. The Kier molecular flexibility index (Phi) is 2.87. The van der Waals surface area contributed by atoms with Crippen molar-refractivity contribution in [2.45, 2.75) is 19.4 Å². The van der Waals surface area contributed by atoms with Crippen LogP contribution >= 0.6 is 0 Å². The minimum absolute atomic E-state index is 0.0212. The van der Waals surface area contributed by atoms with E-state index in [0.717, 1.165) is 32.8 Å². The van der Waals surface area contributed by atoms with Gasteiger partial charge >= 0.3 is 0 Å². The third-order valence-electron chi connectivity index (χ3n) is 1.95. The van der Waals surface area contributed by atoms with Crippen molar-refractivity contribution in [2.75, 3.05) is 32.8 Å². The standard InChI is InChI=1S/C8H18N2O/c1-8(2)7-10(4-3-9)5-6-11-8/h3-7,9H2,1-2H3. The Morgan fingerprint density at radius 1 is 1.55 bits per heavy atom. The Morgan fingerprint density at radius 3 is 2.82 bits per heavy atom. The highest BCUT2D eigenvalue weighted by atomic mass is 16.5. The fraction of sp³-hybridized carbons (Fsp3) is 1.00. The van der Waals surface area contributed by atoms with Gasteiger partial charge in [-0.3, -0.25) is 4.90 Å². The summed E-state index contributed by atoms with van der Waals surface area (Å²) in [6, 6.07) is 0. The quantitative estimate of drug-likeness (QED) is 0.617. The van der Waals surface area contributed by atoms with Gasteiger partial charge in [0, 0.05) is 26.2 Å². The number of hydrogen-bond donors (Lipinski definition) is 1. The molecule has 0 atom stereocenters. The normalized spacial score (nSPS) is 25.4. The number of nitrogens with two attached hydrogens (primary N) is 1. The summed E-state index contributed by atoms with van der Waals surface area (Å²) in [6.07, 6.45) is 0. The first-order chi connectivity index (χ1) is 5.14. The largest absolute Gasteiger partial charge is 0.373 e. The molecule has 66 valence electrons. The average molecular weight is 158 g/mol. The van der Waals surface area contributed by atoms with E-state index in [0.29, 0.717) is 0 Å². The molecule has 0 saturated carbocycles. The average Bonchev–Trinajstić information content (AvgIpc) is 1.85. The van der Waals surface area contributed by atoms with Crippen LogP contribution in [0.1, 0.15) is 13.8 Å². The summed E-state index contributed by atoms with van der Waals surface area (Å²) >= 11 is 0. The molecule has 1 heterocycles. The molecule has 2 N–H and O–H groups in total. The van der Waals surface area contributed by atoms with Crippen LogP contribution in [0.25, 0.3) is 0 Å². The summed E-state index contributed by atoms with van der Waals surface area (Å²) < 4.78 is 5.56. The lowest BCUT2D eigenvalue weighted by atomic mass is 10.1. The van der Waals surface area contributed by atoms with E-state index >= 15 is 0 Å². The maximum absolute atomic E-state index is 5.56. The molecule has 3 nitrogen and oxygen atoms in total. The van der Waals surface area contributed by atoms with Crippen molar-refractivity contribution in [3.05, 3.63) is 0 Å². The Hall–Kier alpha value is -0.120. The molecular formula is C8H18N2O. The molecule has 0 bridgehead atoms. The molecule has 1 aliphatic rings. The van der Waals surface area contributed by atoms with Crippen molar-refractivity contribution in [3.8, 4) is 0 Å². The summed E-state index contributed by atoms with van der Waals surface area (Å²) in [5.74, 6) is 0. The van der Waals surface area contributed by atoms with E-state index in [9.17, 15) is 0 Å². The molecule has 0 unspecified atom stereocenters. The number of morpholine rings is 1. The number of rotatable bonds is 2. The molecule has 3 heteroatoms. The summed E-state index contributed by atoms with van der Waals surface area (Å²) in [5.41, 5.74) is 5.49. The van der Waals surface area contributed by atoms with Gasteiger partial charge < -0.3 is 10.5 Å². The van der Waals surface area contributed by atoms with Gasteiger partial charge in [0.2, 0.25) is 0 Å². The fourth-order valence-electron chi connectivity index (χ4n) is 1.49. The molecule has 1 saturated heterocycles. The van der Waals surface area contributed by atoms with E-state index in [4.69, 9.17) is 10.5 Å². The lowest BCUT2D eigenvalue weighted by Crippen LogP contribution is -2.49. The molecule has 0 aromatic heterocycles. The van der Waals surface area contributed by atoms with Crippen LogP contribution in [0.2, 0.25) is 0 Å². The van der Waals surface area contributed by atoms with Gasteiger partial charge in [-0.15, -0.1) is 0 Å². The van der Waals surface area contributed by atoms with Crippen LogP contribution in [0.4, 0.5) is 0 Å². The molecule has 0 radical (unpaired) electrons. The van der Waals surface area contributed by atoms with E-state index in [1.54, 1.807) is 0 Å². The second-order valence-corrected chi connectivity index (χ2v) is 3.67. The van der Waals surface area contributed by atoms with E-state index in [2.05, 4.69) is 18.7 Å². The van der Waals surface area contributed by atoms with Crippen molar-refractivity contribution in [1.29, 1.82) is 0 Å². The van der Waals surface area contributed by atoms with Crippen LogP contribution in [-0.2, 0) is 4.74 Å². The Bertz CT molecular complexity index is 123. The van der Waals surface area contributed by atoms with Crippen molar-refractivity contribution in [3.63, 3.8) is 0 Å². The van der Waals surface area contributed by atoms with Crippen LogP contribution in [-0.4, -0.2) is 43.3 Å². The highest BCUT2D eigenvalue weighted by molar-refractivity contribution is 4.78. The fourth-order valence-corrected chi connectivity index (χ4v) is 1.49. The molecule has 1 rings (SSSR count). The van der Waals surface area contributed by atoms with Gasteiger partial charge in [-0.05, 0) is 13.8 Å². The zero-order valence-corrected chi connectivity index (χ0v) is 7.47. The third-order valence-corrected chi connectivity index (χ3v) is 1.95. The smallest absolute Gasteiger partial charge is 0.0753 e. The van der Waals surface area contributed by atoms with Gasteiger partial charge in [0.15, 0.2) is 0 Å². The predicted molar refractivity (Wildman–Crippen MR) is 45.5 cm³/mol. The first kappa shape index (κ1) is 8.97. The maximum Gasteiger partial charge on any atom is 0.0753 e. The van der Waals surface area contributed by atoms with E-state index in [-0.39, 0.29) is 5.60 Å². The van der Waals surface area contributed by atoms with E-state index in [1.807, 2.05) is 0 Å². The minimum Gasteiger partial charge on any atom is -0.373 e. The van der Waals surface area contributed by atoms with E-state index < -0.39 is 0 Å². The molecule has 0 aromatic carbocycles. The lowest BCUT2D eigenvalue weighted by molar-refractivity contribution is -0.0850. The van der Waals surface area contributed by atoms with Crippen molar-refractivity contribution >= 4 is 0 Å². The van der Waals surface area contributed by atoms with E-state index in [1.165, 1.54) is 0 Å². The van der Waals surface area contributed by atoms with Crippen LogP contribution in [0, 0.1) is 0 Å². The van der Waals surface area contributed by atoms with Crippen molar-refractivity contribution < 1.29 is 4.74 Å². The molecule has 11 heavy (non-hydrogen) atoms. The predicted octanol–water partition coefficient (Wildman–Crippen LogP) is 0.0559. The number of hydrogen-bond acceptors (Lipinski definition) is 3. The Balaban J connectivity index is 2.34.